The quantitative estimate of drug-likeness (QED) is 0.903. The minimum atomic E-state index is -4.39. The van der Waals surface area contributed by atoms with E-state index in [2.05, 4.69) is 25.7 Å². The third-order valence-corrected chi connectivity index (χ3v) is 3.25. The van der Waals surface area contributed by atoms with E-state index in [4.69, 9.17) is 0 Å². The Kier molecular flexibility index (Phi) is 3.58. The second-order valence-electron chi connectivity index (χ2n) is 3.94. The molecule has 3 nitrogen and oxygen atoms in total. The highest BCUT2D eigenvalue weighted by atomic mass is 79.9. The van der Waals surface area contributed by atoms with Crippen LogP contribution in [0.1, 0.15) is 5.69 Å². The summed E-state index contributed by atoms with van der Waals surface area (Å²) < 4.78 is 41.2. The lowest BCUT2D eigenvalue weighted by atomic mass is 10.2. The van der Waals surface area contributed by atoms with E-state index >= 15 is 0 Å². The molecule has 0 fully saturated rings. The highest BCUT2D eigenvalue weighted by Gasteiger charge is 2.28. The van der Waals surface area contributed by atoms with E-state index in [0.29, 0.717) is 21.1 Å². The second-order valence-corrected chi connectivity index (χ2v) is 4.74. The van der Waals surface area contributed by atoms with Crippen LogP contribution in [0.2, 0.25) is 0 Å². The Morgan fingerprint density at radius 2 is 2.05 bits per heavy atom. The Bertz CT molecular complexity index is 628. The van der Waals surface area contributed by atoms with Crippen LogP contribution in [0.5, 0.6) is 11.5 Å². The van der Waals surface area contributed by atoms with E-state index in [1.54, 1.807) is 6.92 Å². The fourth-order valence-electron chi connectivity index (χ4n) is 1.56. The van der Waals surface area contributed by atoms with Crippen molar-refractivity contribution < 1.29 is 23.0 Å². The molecular formula is C12H9BrF3NO2. The first kappa shape index (κ1) is 13.9. The third-order valence-electron chi connectivity index (χ3n) is 2.45. The molecule has 1 N–H and O–H groups in total. The van der Waals surface area contributed by atoms with Crippen LogP contribution >= 0.6 is 15.9 Å². The number of fused-ring (bicyclic) bond motifs is 1. The minimum Gasteiger partial charge on any atom is -0.505 e. The predicted molar refractivity (Wildman–Crippen MR) is 67.4 cm³/mol. The number of rotatable bonds is 2. The van der Waals surface area contributed by atoms with E-state index in [-0.39, 0.29) is 11.5 Å². The number of nitrogens with zero attached hydrogens (tertiary/aromatic N) is 1. The molecule has 1 heterocycles. The average molecular weight is 336 g/mol. The molecule has 1 aromatic heterocycles. The molecule has 0 aliphatic heterocycles. The van der Waals surface area contributed by atoms with Gasteiger partial charge in [0.05, 0.1) is 15.7 Å². The molecule has 0 atom stereocenters. The average Bonchev–Trinajstić information content (AvgIpc) is 2.33. The molecule has 1 aromatic carbocycles. The number of ether oxygens (including phenoxy) is 1. The SMILES string of the molecule is Cc1nc2ccc(OCC(F)(F)F)cc2c(Br)c1O. The van der Waals surface area contributed by atoms with Gasteiger partial charge in [-0.15, -0.1) is 0 Å². The summed E-state index contributed by atoms with van der Waals surface area (Å²) in [6.45, 7) is 0.273. The van der Waals surface area contributed by atoms with Crippen LogP contribution in [0, 0.1) is 6.92 Å². The maximum absolute atomic E-state index is 12.1. The Morgan fingerprint density at radius 1 is 1.37 bits per heavy atom. The molecule has 0 saturated carbocycles. The Morgan fingerprint density at radius 3 is 2.68 bits per heavy atom. The van der Waals surface area contributed by atoms with Gasteiger partial charge in [0.15, 0.2) is 12.4 Å². The largest absolute Gasteiger partial charge is 0.505 e. The van der Waals surface area contributed by atoms with Crippen molar-refractivity contribution in [2.45, 2.75) is 13.1 Å². The summed E-state index contributed by atoms with van der Waals surface area (Å²) in [6.07, 6.45) is -4.39. The lowest BCUT2D eigenvalue weighted by Gasteiger charge is -2.11. The smallest absolute Gasteiger partial charge is 0.422 e. The Hall–Kier alpha value is -1.50. The molecule has 0 bridgehead atoms. The summed E-state index contributed by atoms with van der Waals surface area (Å²) in [5.74, 6) is 0.0241. The van der Waals surface area contributed by atoms with Gasteiger partial charge in [0.2, 0.25) is 0 Å². The fourth-order valence-corrected chi connectivity index (χ4v) is 2.17. The molecule has 0 saturated heterocycles. The summed E-state index contributed by atoms with van der Waals surface area (Å²) in [6, 6.07) is 4.35. The van der Waals surface area contributed by atoms with Gasteiger partial charge in [0.25, 0.3) is 0 Å². The first-order chi connectivity index (χ1) is 8.78. The van der Waals surface area contributed by atoms with Gasteiger partial charge in [-0.1, -0.05) is 0 Å². The first-order valence-electron chi connectivity index (χ1n) is 5.26. The van der Waals surface area contributed by atoms with Crippen molar-refractivity contribution in [1.82, 2.24) is 4.98 Å². The molecule has 102 valence electrons. The summed E-state index contributed by atoms with van der Waals surface area (Å²) in [4.78, 5) is 4.13. The van der Waals surface area contributed by atoms with Gasteiger partial charge in [0, 0.05) is 5.39 Å². The molecule has 0 spiro atoms. The van der Waals surface area contributed by atoms with Crippen LogP contribution in [-0.2, 0) is 0 Å². The molecule has 0 radical (unpaired) electrons. The number of aromatic hydroxyl groups is 1. The van der Waals surface area contributed by atoms with Gasteiger partial charge in [0.1, 0.15) is 5.75 Å². The number of pyridine rings is 1. The predicted octanol–water partition coefficient (Wildman–Crippen LogP) is 3.95. The number of hydrogen-bond acceptors (Lipinski definition) is 3. The normalized spacial score (nSPS) is 11.8. The van der Waals surface area contributed by atoms with Gasteiger partial charge in [-0.3, -0.25) is 0 Å². The third kappa shape index (κ3) is 3.09. The molecule has 0 amide bonds. The van der Waals surface area contributed by atoms with Crippen LogP contribution in [0.4, 0.5) is 13.2 Å². The van der Waals surface area contributed by atoms with Crippen LogP contribution in [0.3, 0.4) is 0 Å². The highest BCUT2D eigenvalue weighted by Crippen LogP contribution is 2.35. The number of halogens is 4. The number of aromatic nitrogens is 1. The lowest BCUT2D eigenvalue weighted by Crippen LogP contribution is -2.19. The van der Waals surface area contributed by atoms with Crippen molar-refractivity contribution in [2.75, 3.05) is 6.61 Å². The summed E-state index contributed by atoms with van der Waals surface area (Å²) in [5, 5.41) is 10.2. The van der Waals surface area contributed by atoms with E-state index < -0.39 is 12.8 Å². The summed E-state index contributed by atoms with van der Waals surface area (Å²) in [5.41, 5.74) is 0.991. The topological polar surface area (TPSA) is 42.4 Å². The highest BCUT2D eigenvalue weighted by molar-refractivity contribution is 9.10. The lowest BCUT2D eigenvalue weighted by molar-refractivity contribution is -0.153. The fraction of sp³-hybridized carbons (Fsp3) is 0.250. The maximum Gasteiger partial charge on any atom is 0.422 e. The zero-order chi connectivity index (χ0) is 14.2. The van der Waals surface area contributed by atoms with Crippen LogP contribution in [-0.4, -0.2) is 22.9 Å². The molecule has 0 aliphatic rings. The maximum atomic E-state index is 12.1. The van der Waals surface area contributed by atoms with Crippen molar-refractivity contribution >= 4 is 26.8 Å². The molecular weight excluding hydrogens is 327 g/mol. The molecule has 19 heavy (non-hydrogen) atoms. The van der Waals surface area contributed by atoms with Crippen molar-refractivity contribution in [3.05, 3.63) is 28.4 Å². The van der Waals surface area contributed by atoms with Crippen LogP contribution in [0.15, 0.2) is 22.7 Å². The number of hydrogen-bond donors (Lipinski definition) is 1. The summed E-state index contributed by atoms with van der Waals surface area (Å²) in [7, 11) is 0. The Labute approximate surface area is 115 Å². The van der Waals surface area contributed by atoms with E-state index in [9.17, 15) is 18.3 Å². The first-order valence-corrected chi connectivity index (χ1v) is 6.05. The van der Waals surface area contributed by atoms with Crippen LogP contribution in [0.25, 0.3) is 10.9 Å². The van der Waals surface area contributed by atoms with Gasteiger partial charge >= 0.3 is 6.18 Å². The minimum absolute atomic E-state index is 0.0412. The van der Waals surface area contributed by atoms with E-state index in [1.807, 2.05) is 0 Å². The summed E-state index contributed by atoms with van der Waals surface area (Å²) >= 11 is 3.19. The molecule has 0 aliphatic carbocycles. The van der Waals surface area contributed by atoms with Gasteiger partial charge in [-0.05, 0) is 41.1 Å². The molecule has 0 unspecified atom stereocenters. The van der Waals surface area contributed by atoms with Gasteiger partial charge in [-0.25, -0.2) is 4.98 Å². The zero-order valence-corrected chi connectivity index (χ0v) is 11.3. The van der Waals surface area contributed by atoms with Crippen molar-refractivity contribution in [3.63, 3.8) is 0 Å². The van der Waals surface area contributed by atoms with Gasteiger partial charge < -0.3 is 9.84 Å². The monoisotopic (exact) mass is 335 g/mol. The molecule has 7 heteroatoms. The van der Waals surface area contributed by atoms with Crippen molar-refractivity contribution in [2.24, 2.45) is 0 Å². The van der Waals surface area contributed by atoms with E-state index in [0.717, 1.165) is 0 Å². The number of aryl methyl sites for hydroxylation is 1. The van der Waals surface area contributed by atoms with Gasteiger partial charge in [-0.2, -0.15) is 13.2 Å². The van der Waals surface area contributed by atoms with E-state index in [1.165, 1.54) is 18.2 Å². The van der Waals surface area contributed by atoms with Crippen molar-refractivity contribution in [3.8, 4) is 11.5 Å². The number of alkyl halides is 3. The van der Waals surface area contributed by atoms with Crippen LogP contribution < -0.4 is 4.74 Å². The standard InChI is InChI=1S/C12H9BrF3NO2/c1-6-11(18)10(13)8-4-7(2-3-9(8)17-6)19-5-12(14,15)16/h2-4,18H,5H2,1H3. The molecule has 2 rings (SSSR count). The zero-order valence-electron chi connectivity index (χ0n) is 9.75. The number of benzene rings is 1. The molecule has 2 aromatic rings. The second kappa shape index (κ2) is 4.88. The van der Waals surface area contributed by atoms with Crippen molar-refractivity contribution in [1.29, 1.82) is 0 Å². The Balaban J connectivity index is 2.40.